The Bertz CT molecular complexity index is 823. The fourth-order valence-electron chi connectivity index (χ4n) is 2.53. The third-order valence-electron chi connectivity index (χ3n) is 3.78. The maximum atomic E-state index is 12.3. The number of carbonyl (C=O) groups is 1. The smallest absolute Gasteiger partial charge is 0.274 e. The van der Waals surface area contributed by atoms with Gasteiger partial charge in [0.15, 0.2) is 0 Å². The highest BCUT2D eigenvalue weighted by molar-refractivity contribution is 5.95. The van der Waals surface area contributed by atoms with E-state index in [1.54, 1.807) is 37.3 Å². The third-order valence-corrected chi connectivity index (χ3v) is 3.78. The highest BCUT2D eigenvalue weighted by Gasteiger charge is 2.14. The number of hydrogen-bond donors (Lipinski definition) is 2. The van der Waals surface area contributed by atoms with Gasteiger partial charge in [0.05, 0.1) is 30.4 Å². The third kappa shape index (κ3) is 5.34. The Morgan fingerprint density at radius 1 is 1.11 bits per heavy atom. The molecule has 0 heterocycles. The van der Waals surface area contributed by atoms with E-state index >= 15 is 0 Å². The van der Waals surface area contributed by atoms with E-state index in [0.717, 1.165) is 0 Å². The summed E-state index contributed by atoms with van der Waals surface area (Å²) in [4.78, 5) is 22.9. The number of amides is 1. The summed E-state index contributed by atoms with van der Waals surface area (Å²) < 4.78 is 11.0. The molecule has 2 aromatic carbocycles. The van der Waals surface area contributed by atoms with Crippen LogP contribution in [0.5, 0.6) is 11.5 Å². The van der Waals surface area contributed by atoms with Crippen molar-refractivity contribution in [2.75, 3.05) is 30.4 Å². The van der Waals surface area contributed by atoms with E-state index in [1.807, 2.05) is 13.8 Å². The second kappa shape index (κ2) is 9.42. The fourth-order valence-corrected chi connectivity index (χ4v) is 2.53. The molecule has 0 spiro atoms. The SMILES string of the molecule is CCOc1ccc(OCC)c(NC(=O)CNc2cccc([N+](=O)[O-])c2C)c1. The van der Waals surface area contributed by atoms with Gasteiger partial charge in [-0.2, -0.15) is 0 Å². The second-order valence-electron chi connectivity index (χ2n) is 5.63. The van der Waals surface area contributed by atoms with Crippen LogP contribution in [0.15, 0.2) is 36.4 Å². The van der Waals surface area contributed by atoms with Gasteiger partial charge in [-0.3, -0.25) is 14.9 Å². The van der Waals surface area contributed by atoms with Crippen LogP contribution in [-0.4, -0.2) is 30.6 Å². The summed E-state index contributed by atoms with van der Waals surface area (Å²) in [6.45, 7) is 6.29. The van der Waals surface area contributed by atoms with Crippen LogP contribution in [0.4, 0.5) is 17.1 Å². The molecule has 0 fully saturated rings. The van der Waals surface area contributed by atoms with Crippen LogP contribution in [0.2, 0.25) is 0 Å². The van der Waals surface area contributed by atoms with Crippen LogP contribution in [0.25, 0.3) is 0 Å². The van der Waals surface area contributed by atoms with Crippen LogP contribution in [0.1, 0.15) is 19.4 Å². The Kier molecular flexibility index (Phi) is 6.99. The van der Waals surface area contributed by atoms with E-state index in [2.05, 4.69) is 10.6 Å². The molecule has 2 rings (SSSR count). The van der Waals surface area contributed by atoms with Crippen molar-refractivity contribution in [1.82, 2.24) is 0 Å². The van der Waals surface area contributed by atoms with Gasteiger partial charge in [-0.05, 0) is 39.0 Å². The molecule has 0 aliphatic carbocycles. The number of rotatable bonds is 9. The maximum Gasteiger partial charge on any atom is 0.274 e. The Labute approximate surface area is 157 Å². The van der Waals surface area contributed by atoms with Gasteiger partial charge in [-0.1, -0.05) is 6.07 Å². The predicted molar refractivity (Wildman–Crippen MR) is 104 cm³/mol. The summed E-state index contributed by atoms with van der Waals surface area (Å²) in [5, 5.41) is 16.7. The summed E-state index contributed by atoms with van der Waals surface area (Å²) in [6.07, 6.45) is 0. The molecule has 2 aromatic rings. The van der Waals surface area contributed by atoms with E-state index < -0.39 is 4.92 Å². The van der Waals surface area contributed by atoms with Crippen LogP contribution in [0, 0.1) is 17.0 Å². The highest BCUT2D eigenvalue weighted by Crippen LogP contribution is 2.29. The summed E-state index contributed by atoms with van der Waals surface area (Å²) in [5.74, 6) is 0.857. The lowest BCUT2D eigenvalue weighted by Gasteiger charge is -2.14. The molecule has 8 heteroatoms. The molecule has 8 nitrogen and oxygen atoms in total. The molecule has 0 bridgehead atoms. The number of carbonyl (C=O) groups excluding carboxylic acids is 1. The van der Waals surface area contributed by atoms with Gasteiger partial charge in [-0.25, -0.2) is 0 Å². The number of nitrogens with zero attached hydrogens (tertiary/aromatic N) is 1. The predicted octanol–water partition coefficient (Wildman–Crippen LogP) is 3.75. The Balaban J connectivity index is 2.08. The highest BCUT2D eigenvalue weighted by atomic mass is 16.6. The number of benzene rings is 2. The zero-order chi connectivity index (χ0) is 19.8. The van der Waals surface area contributed by atoms with E-state index in [4.69, 9.17) is 9.47 Å². The Hall–Kier alpha value is -3.29. The van der Waals surface area contributed by atoms with Crippen LogP contribution in [-0.2, 0) is 4.79 Å². The minimum absolute atomic E-state index is 0.00320. The van der Waals surface area contributed by atoms with Gasteiger partial charge in [0.1, 0.15) is 11.5 Å². The first-order chi connectivity index (χ1) is 13.0. The maximum absolute atomic E-state index is 12.3. The molecule has 0 aliphatic rings. The van der Waals surface area contributed by atoms with Crippen molar-refractivity contribution in [2.45, 2.75) is 20.8 Å². The minimum Gasteiger partial charge on any atom is -0.494 e. The number of ether oxygens (including phenoxy) is 2. The average molecular weight is 373 g/mol. The minimum atomic E-state index is -0.450. The molecular weight excluding hydrogens is 350 g/mol. The van der Waals surface area contributed by atoms with E-state index in [1.165, 1.54) is 6.07 Å². The van der Waals surface area contributed by atoms with Gasteiger partial charge in [-0.15, -0.1) is 0 Å². The molecule has 0 atom stereocenters. The number of nitro groups is 1. The van der Waals surface area contributed by atoms with Gasteiger partial charge in [0.25, 0.3) is 5.69 Å². The van der Waals surface area contributed by atoms with Crippen molar-refractivity contribution in [3.8, 4) is 11.5 Å². The van der Waals surface area contributed by atoms with Gasteiger partial charge < -0.3 is 20.1 Å². The first kappa shape index (κ1) is 20.0. The van der Waals surface area contributed by atoms with Crippen molar-refractivity contribution in [3.63, 3.8) is 0 Å². The molecule has 144 valence electrons. The molecule has 1 amide bonds. The van der Waals surface area contributed by atoms with Crippen molar-refractivity contribution >= 4 is 23.0 Å². The summed E-state index contributed by atoms with van der Waals surface area (Å²) in [7, 11) is 0. The quantitative estimate of drug-likeness (QED) is 0.513. The molecule has 27 heavy (non-hydrogen) atoms. The van der Waals surface area contributed by atoms with E-state index in [-0.39, 0.29) is 18.1 Å². The number of nitrogens with one attached hydrogen (secondary N) is 2. The van der Waals surface area contributed by atoms with Crippen molar-refractivity contribution in [2.24, 2.45) is 0 Å². The molecule has 2 N–H and O–H groups in total. The number of nitro benzene ring substituents is 1. The monoisotopic (exact) mass is 373 g/mol. The normalized spacial score (nSPS) is 10.2. The molecule has 0 aromatic heterocycles. The second-order valence-corrected chi connectivity index (χ2v) is 5.63. The van der Waals surface area contributed by atoms with Crippen LogP contribution < -0.4 is 20.1 Å². The molecule has 0 radical (unpaired) electrons. The zero-order valence-electron chi connectivity index (χ0n) is 15.6. The number of anilines is 2. The van der Waals surface area contributed by atoms with Crippen molar-refractivity contribution in [3.05, 3.63) is 52.1 Å². The standard InChI is InChI=1S/C19H23N3O5/c1-4-26-14-9-10-18(27-5-2)16(11-14)21-19(23)12-20-15-7-6-8-17(13(15)3)22(24)25/h6-11,20H,4-5,12H2,1-3H3,(H,21,23). The largest absolute Gasteiger partial charge is 0.494 e. The van der Waals surface area contributed by atoms with Crippen molar-refractivity contribution in [1.29, 1.82) is 0 Å². The molecule has 0 saturated heterocycles. The molecular formula is C19H23N3O5. The van der Waals surface area contributed by atoms with Gasteiger partial charge in [0.2, 0.25) is 5.91 Å². The topological polar surface area (TPSA) is 103 Å². The zero-order valence-corrected chi connectivity index (χ0v) is 15.6. The van der Waals surface area contributed by atoms with E-state index in [0.29, 0.717) is 41.7 Å². The summed E-state index contributed by atoms with van der Waals surface area (Å²) in [5.41, 5.74) is 1.52. The lowest BCUT2D eigenvalue weighted by molar-refractivity contribution is -0.385. The molecule has 0 saturated carbocycles. The fraction of sp³-hybridized carbons (Fsp3) is 0.316. The summed E-state index contributed by atoms with van der Waals surface area (Å²) in [6, 6.07) is 9.90. The lowest BCUT2D eigenvalue weighted by Crippen LogP contribution is -2.22. The van der Waals surface area contributed by atoms with Crippen molar-refractivity contribution < 1.29 is 19.2 Å². The Morgan fingerprint density at radius 2 is 1.85 bits per heavy atom. The van der Waals surface area contributed by atoms with Crippen LogP contribution in [0.3, 0.4) is 0 Å². The van der Waals surface area contributed by atoms with Gasteiger partial charge in [0, 0.05) is 23.4 Å². The first-order valence-electron chi connectivity index (χ1n) is 8.63. The van der Waals surface area contributed by atoms with Crippen LogP contribution >= 0.6 is 0 Å². The number of hydrogen-bond acceptors (Lipinski definition) is 6. The van der Waals surface area contributed by atoms with E-state index in [9.17, 15) is 14.9 Å². The first-order valence-corrected chi connectivity index (χ1v) is 8.63. The van der Waals surface area contributed by atoms with Gasteiger partial charge >= 0.3 is 0 Å². The molecule has 0 aliphatic heterocycles. The Morgan fingerprint density at radius 3 is 2.52 bits per heavy atom. The molecule has 0 unspecified atom stereocenters. The lowest BCUT2D eigenvalue weighted by atomic mass is 10.1. The summed E-state index contributed by atoms with van der Waals surface area (Å²) >= 11 is 0. The average Bonchev–Trinajstić information content (AvgIpc) is 2.63.